The molecule has 0 aliphatic heterocycles. The number of rotatable bonds is 5. The van der Waals surface area contributed by atoms with Crippen molar-refractivity contribution in [3.63, 3.8) is 0 Å². The maximum absolute atomic E-state index is 15.4. The normalized spacial score (nSPS) is 14.7. The minimum Gasteiger partial charge on any atom is -0.591 e. The van der Waals surface area contributed by atoms with Gasteiger partial charge in [-0.05, 0) is 49.9 Å². The molecule has 0 fully saturated rings. The van der Waals surface area contributed by atoms with E-state index in [0.717, 1.165) is 12.1 Å². The third-order valence-electron chi connectivity index (χ3n) is 5.33. The third kappa shape index (κ3) is 6.08. The highest BCUT2D eigenvalue weighted by Crippen LogP contribution is 2.40. The Kier molecular flexibility index (Phi) is 7.64. The molecule has 10 heteroatoms. The summed E-state index contributed by atoms with van der Waals surface area (Å²) in [6.45, 7) is 10.8. The van der Waals surface area contributed by atoms with Gasteiger partial charge in [0.2, 0.25) is 0 Å². The van der Waals surface area contributed by atoms with Crippen LogP contribution in [-0.2, 0) is 24.1 Å². The lowest BCUT2D eigenvalue weighted by Crippen LogP contribution is -2.28. The lowest BCUT2D eigenvalue weighted by Gasteiger charge is -2.20. The summed E-state index contributed by atoms with van der Waals surface area (Å²) in [4.78, 5) is 0. The van der Waals surface area contributed by atoms with Gasteiger partial charge in [-0.15, -0.1) is 0 Å². The Bertz CT molecular complexity index is 1280. The molecular weight excluding hydrogens is 502 g/mol. The van der Waals surface area contributed by atoms with Crippen molar-refractivity contribution in [2.75, 3.05) is 0 Å². The molecule has 0 radical (unpaired) electrons. The second kappa shape index (κ2) is 9.78. The highest BCUT2D eigenvalue weighted by Gasteiger charge is 2.35. The number of hydrogen-bond donors (Lipinski definition) is 0. The Morgan fingerprint density at radius 1 is 1.00 bits per heavy atom. The number of fused-ring (bicyclic) bond motifs is 1. The number of benzene rings is 2. The molecule has 1 aromatic heterocycles. The van der Waals surface area contributed by atoms with Gasteiger partial charge < -0.3 is 9.12 Å². The number of nitrogens with zero attached hydrogens (tertiary/aromatic N) is 2. The molecule has 0 N–H and O–H groups in total. The molecule has 0 amide bonds. The quantitative estimate of drug-likeness (QED) is 0.187. The zero-order valence-electron chi connectivity index (χ0n) is 20.8. The van der Waals surface area contributed by atoms with Crippen molar-refractivity contribution >= 4 is 28.0 Å². The first kappa shape index (κ1) is 28.1. The fraction of sp³-hybridized carbons (Fsp3) is 0.423. The molecule has 0 aliphatic carbocycles. The molecule has 3 rings (SSSR count). The summed E-state index contributed by atoms with van der Waals surface area (Å²) in [6, 6.07) is 6.81. The SMILES string of the molecule is CC(C)(C)Cn1cc(C(=N[S+]([O-])C(C)(C)C)C(F)F)c2cc(F)c(-c3ccccc3C(F)(F)F)cc21. The molecular formula is C26H28F6N2OS. The zero-order chi connectivity index (χ0) is 27.2. The Balaban J connectivity index is 2.35. The highest BCUT2D eigenvalue weighted by molar-refractivity contribution is 7.91. The molecule has 3 aromatic rings. The van der Waals surface area contributed by atoms with Crippen LogP contribution in [0.1, 0.15) is 52.7 Å². The van der Waals surface area contributed by atoms with Crippen LogP contribution in [0.4, 0.5) is 26.3 Å². The summed E-state index contributed by atoms with van der Waals surface area (Å²) in [5.41, 5.74) is -2.62. The predicted octanol–water partition coefficient (Wildman–Crippen LogP) is 8.03. The van der Waals surface area contributed by atoms with Gasteiger partial charge in [0, 0.05) is 34.8 Å². The van der Waals surface area contributed by atoms with E-state index in [0.29, 0.717) is 6.54 Å². The predicted molar refractivity (Wildman–Crippen MR) is 132 cm³/mol. The molecule has 1 heterocycles. The van der Waals surface area contributed by atoms with E-state index in [2.05, 4.69) is 4.40 Å². The van der Waals surface area contributed by atoms with Gasteiger partial charge in [0.1, 0.15) is 21.9 Å². The molecule has 36 heavy (non-hydrogen) atoms. The second-order valence-electron chi connectivity index (χ2n) is 10.8. The van der Waals surface area contributed by atoms with E-state index >= 15 is 4.39 Å². The summed E-state index contributed by atoms with van der Waals surface area (Å²) >= 11 is -2.01. The first-order chi connectivity index (χ1) is 16.4. The summed E-state index contributed by atoms with van der Waals surface area (Å²) in [7, 11) is 0. The van der Waals surface area contributed by atoms with Crippen LogP contribution in [0.2, 0.25) is 0 Å². The van der Waals surface area contributed by atoms with E-state index in [1.54, 1.807) is 25.3 Å². The van der Waals surface area contributed by atoms with E-state index in [1.807, 2.05) is 20.8 Å². The summed E-state index contributed by atoms with van der Waals surface area (Å²) in [6.07, 6.45) is -6.46. The summed E-state index contributed by atoms with van der Waals surface area (Å²) < 4.78 is 102. The molecule has 2 aromatic carbocycles. The fourth-order valence-corrected chi connectivity index (χ4v) is 4.39. The summed E-state index contributed by atoms with van der Waals surface area (Å²) in [5.74, 6) is -1.00. The fourth-order valence-electron chi connectivity index (χ4n) is 3.76. The van der Waals surface area contributed by atoms with E-state index in [9.17, 15) is 26.5 Å². The topological polar surface area (TPSA) is 40.3 Å². The van der Waals surface area contributed by atoms with Gasteiger partial charge >= 0.3 is 6.18 Å². The van der Waals surface area contributed by atoms with Crippen LogP contribution >= 0.6 is 0 Å². The van der Waals surface area contributed by atoms with Gasteiger partial charge in [0.15, 0.2) is 5.71 Å². The number of hydrogen-bond acceptors (Lipinski definition) is 2. The van der Waals surface area contributed by atoms with Crippen molar-refractivity contribution in [1.82, 2.24) is 4.57 Å². The van der Waals surface area contributed by atoms with Gasteiger partial charge in [-0.25, -0.2) is 13.2 Å². The van der Waals surface area contributed by atoms with E-state index in [4.69, 9.17) is 0 Å². The Morgan fingerprint density at radius 3 is 2.14 bits per heavy atom. The average Bonchev–Trinajstić information content (AvgIpc) is 3.04. The monoisotopic (exact) mass is 530 g/mol. The highest BCUT2D eigenvalue weighted by atomic mass is 32.2. The third-order valence-corrected chi connectivity index (χ3v) is 6.74. The Morgan fingerprint density at radius 2 is 1.61 bits per heavy atom. The van der Waals surface area contributed by atoms with Crippen molar-refractivity contribution in [3.8, 4) is 11.1 Å². The molecule has 1 atom stereocenters. The van der Waals surface area contributed by atoms with Crippen LogP contribution in [0, 0.1) is 11.2 Å². The minimum absolute atomic E-state index is 0.0509. The molecule has 3 nitrogen and oxygen atoms in total. The first-order valence-electron chi connectivity index (χ1n) is 11.2. The van der Waals surface area contributed by atoms with Crippen molar-refractivity contribution in [3.05, 3.63) is 59.5 Å². The Hall–Kier alpha value is -2.46. The number of halogens is 6. The van der Waals surface area contributed by atoms with Crippen LogP contribution in [0.15, 0.2) is 47.0 Å². The van der Waals surface area contributed by atoms with E-state index in [1.165, 1.54) is 30.5 Å². The van der Waals surface area contributed by atoms with Gasteiger partial charge in [-0.1, -0.05) is 43.4 Å². The number of aromatic nitrogens is 1. The van der Waals surface area contributed by atoms with Crippen LogP contribution in [0.5, 0.6) is 0 Å². The summed E-state index contributed by atoms with van der Waals surface area (Å²) in [5, 5.41) is 0.0509. The van der Waals surface area contributed by atoms with Crippen LogP contribution in [-0.4, -0.2) is 26.0 Å². The lowest BCUT2D eigenvalue weighted by molar-refractivity contribution is -0.137. The minimum atomic E-state index is -4.72. The molecule has 0 saturated carbocycles. The lowest BCUT2D eigenvalue weighted by atomic mass is 9.96. The largest absolute Gasteiger partial charge is 0.591 e. The molecule has 0 aliphatic rings. The Labute approximate surface area is 209 Å². The second-order valence-corrected chi connectivity index (χ2v) is 12.7. The van der Waals surface area contributed by atoms with E-state index in [-0.39, 0.29) is 33.0 Å². The molecule has 196 valence electrons. The van der Waals surface area contributed by atoms with Gasteiger partial charge in [-0.2, -0.15) is 13.2 Å². The van der Waals surface area contributed by atoms with Gasteiger partial charge in [0.25, 0.3) is 6.43 Å². The maximum atomic E-state index is 15.4. The van der Waals surface area contributed by atoms with Crippen molar-refractivity contribution in [2.45, 2.75) is 65.4 Å². The molecule has 1 unspecified atom stereocenters. The standard InChI is InChI=1S/C26H28F6N2OS/c1-24(2,3)14-34-13-18(22(23(28)29)33-36(35)25(4,5)6)17-11-20(27)16(12-21(17)34)15-9-7-8-10-19(15)26(30,31)32/h7-13,23H,14H2,1-6H3. The van der Waals surface area contributed by atoms with Crippen LogP contribution in [0.25, 0.3) is 22.0 Å². The maximum Gasteiger partial charge on any atom is 0.417 e. The van der Waals surface area contributed by atoms with Gasteiger partial charge in [-0.3, -0.25) is 0 Å². The molecule has 0 saturated heterocycles. The van der Waals surface area contributed by atoms with Crippen molar-refractivity contribution < 1.29 is 30.9 Å². The van der Waals surface area contributed by atoms with Crippen molar-refractivity contribution in [1.29, 1.82) is 0 Å². The smallest absolute Gasteiger partial charge is 0.417 e. The zero-order valence-corrected chi connectivity index (χ0v) is 21.6. The average molecular weight is 531 g/mol. The number of alkyl halides is 5. The molecule has 0 spiro atoms. The van der Waals surface area contributed by atoms with Crippen LogP contribution < -0.4 is 0 Å². The van der Waals surface area contributed by atoms with Crippen LogP contribution in [0.3, 0.4) is 0 Å². The first-order valence-corrected chi connectivity index (χ1v) is 12.3. The van der Waals surface area contributed by atoms with Crippen molar-refractivity contribution in [2.24, 2.45) is 9.81 Å². The van der Waals surface area contributed by atoms with Gasteiger partial charge in [0.05, 0.1) is 5.56 Å². The van der Waals surface area contributed by atoms with E-state index < -0.39 is 45.8 Å². The molecule has 0 bridgehead atoms.